The van der Waals surface area contributed by atoms with Gasteiger partial charge in [-0.3, -0.25) is 0 Å². The minimum atomic E-state index is -1.20. The number of rotatable bonds is 2. The molecule has 104 valence electrons. The summed E-state index contributed by atoms with van der Waals surface area (Å²) >= 11 is 9.43. The fourth-order valence-electron chi connectivity index (χ4n) is 2.16. The third-order valence-electron chi connectivity index (χ3n) is 3.23. The largest absolute Gasteiger partial charge is 0.248 e. The molecule has 1 aliphatic carbocycles. The summed E-state index contributed by atoms with van der Waals surface area (Å²) in [4.78, 5) is 4.30. The predicted molar refractivity (Wildman–Crippen MR) is 87.3 cm³/mol. The second-order valence-corrected chi connectivity index (χ2v) is 7.53. The van der Waals surface area contributed by atoms with Crippen molar-refractivity contribution in [2.24, 2.45) is 0 Å². The molecular weight excluding hydrogens is 360 g/mol. The molecule has 0 aliphatic heterocycles. The zero-order valence-corrected chi connectivity index (χ0v) is 13.9. The van der Waals surface area contributed by atoms with Crippen LogP contribution >= 0.6 is 27.5 Å². The molecule has 0 saturated heterocycles. The molecule has 3 rings (SSSR count). The van der Waals surface area contributed by atoms with Crippen molar-refractivity contribution in [1.29, 1.82) is 0 Å². The molecular formula is C14H12BrClN2OS. The summed E-state index contributed by atoms with van der Waals surface area (Å²) in [5.74, 6) is 0. The average Bonchev–Trinajstić information content (AvgIpc) is 2.76. The normalized spacial score (nSPS) is 20.1. The van der Waals surface area contributed by atoms with Crippen LogP contribution in [0, 0.1) is 0 Å². The SMILES string of the molecule is CC1=CCC(S(=O)n2cc(Br)c3cc(Cl)cnc32)C=C1. The third kappa shape index (κ3) is 2.50. The van der Waals surface area contributed by atoms with Crippen molar-refractivity contribution < 1.29 is 4.21 Å². The Morgan fingerprint density at radius 2 is 2.35 bits per heavy atom. The highest BCUT2D eigenvalue weighted by atomic mass is 79.9. The maximum atomic E-state index is 12.7. The van der Waals surface area contributed by atoms with E-state index in [4.69, 9.17) is 11.6 Å². The minimum Gasteiger partial charge on any atom is -0.248 e. The molecule has 1 aliphatic rings. The molecule has 3 nitrogen and oxygen atoms in total. The second kappa shape index (κ2) is 5.47. The minimum absolute atomic E-state index is 0.0290. The standard InChI is InChI=1S/C14H12BrClN2OS/c1-9-2-4-11(5-3-9)20(19)18-8-13(15)12-6-10(16)7-17-14(12)18/h2-4,6-8,11H,5H2,1H3. The van der Waals surface area contributed by atoms with E-state index in [-0.39, 0.29) is 5.25 Å². The molecule has 0 saturated carbocycles. The molecule has 6 heteroatoms. The number of pyridine rings is 1. The van der Waals surface area contributed by atoms with Crippen LogP contribution in [0.2, 0.25) is 5.02 Å². The fraction of sp³-hybridized carbons (Fsp3) is 0.214. The van der Waals surface area contributed by atoms with Crippen molar-refractivity contribution in [3.8, 4) is 0 Å². The van der Waals surface area contributed by atoms with E-state index in [1.54, 1.807) is 10.2 Å². The molecule has 0 fully saturated rings. The van der Waals surface area contributed by atoms with E-state index in [1.165, 1.54) is 5.57 Å². The van der Waals surface area contributed by atoms with Crippen LogP contribution in [-0.2, 0) is 11.0 Å². The van der Waals surface area contributed by atoms with Gasteiger partial charge < -0.3 is 0 Å². The summed E-state index contributed by atoms with van der Waals surface area (Å²) in [7, 11) is -1.20. The molecule has 20 heavy (non-hydrogen) atoms. The van der Waals surface area contributed by atoms with E-state index in [2.05, 4.69) is 27.0 Å². The number of allylic oxidation sites excluding steroid dienone is 3. The van der Waals surface area contributed by atoms with Crippen LogP contribution in [0.5, 0.6) is 0 Å². The first-order valence-electron chi connectivity index (χ1n) is 6.14. The molecule has 0 bridgehead atoms. The Morgan fingerprint density at radius 1 is 1.55 bits per heavy atom. The highest BCUT2D eigenvalue weighted by Gasteiger charge is 2.20. The van der Waals surface area contributed by atoms with Gasteiger partial charge >= 0.3 is 0 Å². The predicted octanol–water partition coefficient (Wildman–Crippen LogP) is 4.24. The van der Waals surface area contributed by atoms with E-state index in [9.17, 15) is 4.21 Å². The van der Waals surface area contributed by atoms with Gasteiger partial charge in [0.05, 0.1) is 10.3 Å². The van der Waals surface area contributed by atoms with Gasteiger partial charge in [-0.05, 0) is 35.3 Å². The van der Waals surface area contributed by atoms with Crippen LogP contribution in [0.3, 0.4) is 0 Å². The average molecular weight is 372 g/mol. The summed E-state index contributed by atoms with van der Waals surface area (Å²) < 4.78 is 15.3. The van der Waals surface area contributed by atoms with Crippen molar-refractivity contribution in [1.82, 2.24) is 8.96 Å². The monoisotopic (exact) mass is 370 g/mol. The zero-order chi connectivity index (χ0) is 14.3. The quantitative estimate of drug-likeness (QED) is 0.791. The van der Waals surface area contributed by atoms with E-state index in [1.807, 2.05) is 31.3 Å². The Labute approximate surface area is 133 Å². The summed E-state index contributed by atoms with van der Waals surface area (Å²) in [5, 5.41) is 1.41. The lowest BCUT2D eigenvalue weighted by molar-refractivity contribution is 0.671. The Morgan fingerprint density at radius 3 is 3.05 bits per heavy atom. The Balaban J connectivity index is 2.03. The van der Waals surface area contributed by atoms with Crippen molar-refractivity contribution in [2.45, 2.75) is 18.6 Å². The maximum absolute atomic E-state index is 12.7. The summed E-state index contributed by atoms with van der Waals surface area (Å²) in [6, 6.07) is 1.82. The molecule has 0 amide bonds. The maximum Gasteiger partial charge on any atom is 0.153 e. The first kappa shape index (κ1) is 14.0. The Kier molecular flexibility index (Phi) is 3.84. The number of hydrogen-bond donors (Lipinski definition) is 0. The molecule has 0 aromatic carbocycles. The number of aromatic nitrogens is 2. The lowest BCUT2D eigenvalue weighted by Crippen LogP contribution is -2.19. The summed E-state index contributed by atoms with van der Waals surface area (Å²) in [6.07, 6.45) is 10.3. The third-order valence-corrected chi connectivity index (χ3v) is 5.60. The molecule has 0 N–H and O–H groups in total. The first-order chi connectivity index (χ1) is 9.56. The van der Waals surface area contributed by atoms with Gasteiger partial charge in [-0.15, -0.1) is 0 Å². The van der Waals surface area contributed by atoms with Crippen LogP contribution in [-0.4, -0.2) is 18.4 Å². The second-order valence-electron chi connectivity index (χ2n) is 4.69. The molecule has 2 heterocycles. The molecule has 2 aromatic heterocycles. The highest BCUT2D eigenvalue weighted by molar-refractivity contribution is 9.10. The van der Waals surface area contributed by atoms with Crippen LogP contribution in [0.4, 0.5) is 0 Å². The van der Waals surface area contributed by atoms with Gasteiger partial charge in [0.2, 0.25) is 0 Å². The zero-order valence-electron chi connectivity index (χ0n) is 10.7. The van der Waals surface area contributed by atoms with E-state index >= 15 is 0 Å². The van der Waals surface area contributed by atoms with Crippen molar-refractivity contribution in [3.05, 3.63) is 51.8 Å². The molecule has 0 radical (unpaired) electrons. The van der Waals surface area contributed by atoms with Gasteiger partial charge in [-0.2, -0.15) is 0 Å². The van der Waals surface area contributed by atoms with Gasteiger partial charge in [0, 0.05) is 22.3 Å². The molecule has 0 spiro atoms. The lowest BCUT2D eigenvalue weighted by Gasteiger charge is -2.15. The molecule has 2 atom stereocenters. The number of nitrogens with zero attached hydrogens (tertiary/aromatic N) is 2. The summed E-state index contributed by atoms with van der Waals surface area (Å²) in [5.41, 5.74) is 1.89. The van der Waals surface area contributed by atoms with Gasteiger partial charge in [0.1, 0.15) is 11.0 Å². The number of halogens is 2. The van der Waals surface area contributed by atoms with Crippen LogP contribution in [0.15, 0.2) is 46.7 Å². The molecule has 2 unspecified atom stereocenters. The van der Waals surface area contributed by atoms with E-state index in [0.717, 1.165) is 16.3 Å². The fourth-order valence-corrected chi connectivity index (χ4v) is 4.24. The van der Waals surface area contributed by atoms with Crippen molar-refractivity contribution in [2.75, 3.05) is 0 Å². The van der Waals surface area contributed by atoms with Crippen molar-refractivity contribution >= 4 is 49.5 Å². The van der Waals surface area contributed by atoms with Gasteiger partial charge in [-0.25, -0.2) is 13.2 Å². The van der Waals surface area contributed by atoms with Gasteiger partial charge in [0.15, 0.2) is 5.65 Å². The highest BCUT2D eigenvalue weighted by Crippen LogP contribution is 2.29. The van der Waals surface area contributed by atoms with Crippen molar-refractivity contribution in [3.63, 3.8) is 0 Å². The molecule has 2 aromatic rings. The smallest absolute Gasteiger partial charge is 0.153 e. The lowest BCUT2D eigenvalue weighted by atomic mass is 10.1. The van der Waals surface area contributed by atoms with Crippen LogP contribution in [0.1, 0.15) is 13.3 Å². The van der Waals surface area contributed by atoms with Gasteiger partial charge in [0.25, 0.3) is 0 Å². The Bertz CT molecular complexity index is 766. The van der Waals surface area contributed by atoms with Crippen LogP contribution < -0.4 is 0 Å². The number of hydrogen-bond acceptors (Lipinski definition) is 2. The Hall–Kier alpha value is -0.910. The topological polar surface area (TPSA) is 34.9 Å². The number of fused-ring (bicyclic) bond motifs is 1. The summed E-state index contributed by atoms with van der Waals surface area (Å²) in [6.45, 7) is 2.04. The van der Waals surface area contributed by atoms with Crippen LogP contribution in [0.25, 0.3) is 11.0 Å². The van der Waals surface area contributed by atoms with Gasteiger partial charge in [-0.1, -0.05) is 35.4 Å². The van der Waals surface area contributed by atoms with E-state index in [0.29, 0.717) is 10.7 Å². The van der Waals surface area contributed by atoms with E-state index < -0.39 is 11.0 Å². The first-order valence-corrected chi connectivity index (χ1v) is 8.48.